The van der Waals surface area contributed by atoms with Gasteiger partial charge in [0.2, 0.25) is 5.88 Å². The monoisotopic (exact) mass is 270 g/mol. The summed E-state index contributed by atoms with van der Waals surface area (Å²) in [5, 5.41) is 11.7. The van der Waals surface area contributed by atoms with E-state index in [1.807, 2.05) is 42.5 Å². The molecule has 2 N–H and O–H groups in total. The van der Waals surface area contributed by atoms with Crippen molar-refractivity contribution in [1.29, 1.82) is 0 Å². The topological polar surface area (TPSA) is 65.5 Å². The lowest BCUT2D eigenvalue weighted by Gasteiger charge is -1.98. The van der Waals surface area contributed by atoms with E-state index in [-0.39, 0.29) is 10.8 Å². The second-order valence-corrected chi connectivity index (χ2v) is 5.03. The number of thiazole rings is 1. The highest BCUT2D eigenvalue weighted by Gasteiger charge is 2.03. The van der Waals surface area contributed by atoms with E-state index in [0.29, 0.717) is 4.88 Å². The summed E-state index contributed by atoms with van der Waals surface area (Å²) in [5.74, 6) is -0.139. The lowest BCUT2D eigenvalue weighted by atomic mass is 10.1. The molecule has 0 unspecified atom stereocenters. The molecule has 3 aromatic rings. The van der Waals surface area contributed by atoms with Crippen LogP contribution in [0.4, 0.5) is 5.69 Å². The Kier molecular flexibility index (Phi) is 2.89. The number of aromatic hydroxyl groups is 1. The molecule has 1 heterocycles. The first-order valence-electron chi connectivity index (χ1n) is 5.67. The van der Waals surface area contributed by atoms with Gasteiger partial charge in [0.1, 0.15) is 4.88 Å². The fourth-order valence-electron chi connectivity index (χ4n) is 1.81. The summed E-state index contributed by atoms with van der Waals surface area (Å²) in [6.07, 6.45) is 1.49. The molecule has 94 valence electrons. The van der Waals surface area contributed by atoms with Crippen molar-refractivity contribution in [2.24, 2.45) is 4.99 Å². The van der Waals surface area contributed by atoms with Crippen molar-refractivity contribution in [3.05, 3.63) is 57.0 Å². The van der Waals surface area contributed by atoms with Crippen LogP contribution in [0, 0.1) is 0 Å². The highest BCUT2D eigenvalue weighted by molar-refractivity contribution is 7.11. The number of rotatable bonds is 2. The minimum absolute atomic E-state index is 0.139. The summed E-state index contributed by atoms with van der Waals surface area (Å²) in [6, 6.07) is 13.8. The average molecular weight is 270 g/mol. The molecule has 0 saturated heterocycles. The van der Waals surface area contributed by atoms with E-state index in [0.717, 1.165) is 27.8 Å². The smallest absolute Gasteiger partial charge is 0.307 e. The molecule has 5 heteroatoms. The summed E-state index contributed by atoms with van der Waals surface area (Å²) >= 11 is 0.927. The van der Waals surface area contributed by atoms with Crippen LogP contribution in [0.15, 0.2) is 52.3 Å². The van der Waals surface area contributed by atoms with Crippen molar-refractivity contribution in [2.75, 3.05) is 0 Å². The number of hydrogen-bond donors (Lipinski definition) is 2. The molecule has 2 aromatic carbocycles. The van der Waals surface area contributed by atoms with Crippen molar-refractivity contribution in [3.63, 3.8) is 0 Å². The quantitative estimate of drug-likeness (QED) is 0.703. The summed E-state index contributed by atoms with van der Waals surface area (Å²) in [4.78, 5) is 17.7. The molecule has 4 nitrogen and oxygen atoms in total. The number of nitrogens with one attached hydrogen (secondary N) is 1. The van der Waals surface area contributed by atoms with Crippen LogP contribution in [0.25, 0.3) is 10.8 Å². The van der Waals surface area contributed by atoms with E-state index < -0.39 is 0 Å². The van der Waals surface area contributed by atoms with Gasteiger partial charge in [-0.2, -0.15) is 0 Å². The molecular formula is C14H10N2O2S. The second kappa shape index (κ2) is 4.70. The number of H-pyrrole nitrogens is 1. The second-order valence-electron chi connectivity index (χ2n) is 4.02. The summed E-state index contributed by atoms with van der Waals surface area (Å²) in [7, 11) is 0. The van der Waals surface area contributed by atoms with Gasteiger partial charge in [-0.3, -0.25) is 14.8 Å². The third-order valence-corrected chi connectivity index (χ3v) is 3.53. The normalized spacial score (nSPS) is 11.4. The van der Waals surface area contributed by atoms with Crippen molar-refractivity contribution in [2.45, 2.75) is 0 Å². The molecule has 0 aliphatic rings. The lowest BCUT2D eigenvalue weighted by Crippen LogP contribution is -1.89. The van der Waals surface area contributed by atoms with Gasteiger partial charge in [-0.15, -0.1) is 0 Å². The number of nitrogens with zero attached hydrogens (tertiary/aromatic N) is 1. The van der Waals surface area contributed by atoms with Crippen LogP contribution in [0.5, 0.6) is 5.88 Å². The van der Waals surface area contributed by atoms with Crippen molar-refractivity contribution >= 4 is 34.0 Å². The molecule has 0 amide bonds. The summed E-state index contributed by atoms with van der Waals surface area (Å²) in [6.45, 7) is 0. The van der Waals surface area contributed by atoms with Crippen LogP contribution in [-0.2, 0) is 0 Å². The van der Waals surface area contributed by atoms with Crippen LogP contribution in [-0.4, -0.2) is 16.3 Å². The van der Waals surface area contributed by atoms with Crippen molar-refractivity contribution < 1.29 is 5.11 Å². The zero-order valence-corrected chi connectivity index (χ0v) is 10.6. The van der Waals surface area contributed by atoms with E-state index in [1.165, 1.54) is 6.21 Å². The first-order valence-corrected chi connectivity index (χ1v) is 6.49. The van der Waals surface area contributed by atoms with Gasteiger partial charge >= 0.3 is 4.87 Å². The zero-order chi connectivity index (χ0) is 13.2. The van der Waals surface area contributed by atoms with E-state index in [9.17, 15) is 9.90 Å². The van der Waals surface area contributed by atoms with E-state index in [1.54, 1.807) is 0 Å². The lowest BCUT2D eigenvalue weighted by molar-refractivity contribution is 0.455. The first kappa shape index (κ1) is 11.7. The Morgan fingerprint density at radius 1 is 1.16 bits per heavy atom. The fraction of sp³-hybridized carbons (Fsp3) is 0. The Balaban J connectivity index is 1.97. The van der Waals surface area contributed by atoms with E-state index in [4.69, 9.17) is 0 Å². The molecule has 0 spiro atoms. The number of aliphatic imine (C=N–C) groups is 1. The Morgan fingerprint density at radius 2 is 1.95 bits per heavy atom. The highest BCUT2D eigenvalue weighted by Crippen LogP contribution is 2.21. The van der Waals surface area contributed by atoms with Crippen LogP contribution >= 0.6 is 11.3 Å². The Labute approximate surface area is 112 Å². The zero-order valence-electron chi connectivity index (χ0n) is 9.83. The maximum Gasteiger partial charge on any atom is 0.307 e. The van der Waals surface area contributed by atoms with Crippen LogP contribution in [0.1, 0.15) is 4.88 Å². The highest BCUT2D eigenvalue weighted by atomic mass is 32.1. The molecule has 0 saturated carbocycles. The Hall–Kier alpha value is -2.40. The largest absolute Gasteiger partial charge is 0.493 e. The summed E-state index contributed by atoms with van der Waals surface area (Å²) < 4.78 is 0. The van der Waals surface area contributed by atoms with Crippen LogP contribution in [0.2, 0.25) is 0 Å². The molecule has 19 heavy (non-hydrogen) atoms. The molecule has 1 aromatic heterocycles. The van der Waals surface area contributed by atoms with Gasteiger partial charge in [-0.1, -0.05) is 41.7 Å². The Bertz CT molecular complexity index is 817. The number of fused-ring (bicyclic) bond motifs is 1. The van der Waals surface area contributed by atoms with Gasteiger partial charge in [0, 0.05) is 0 Å². The number of aromatic amines is 1. The van der Waals surface area contributed by atoms with E-state index in [2.05, 4.69) is 9.98 Å². The minimum atomic E-state index is -0.294. The van der Waals surface area contributed by atoms with Gasteiger partial charge in [0.05, 0.1) is 11.9 Å². The van der Waals surface area contributed by atoms with Gasteiger partial charge in [-0.05, 0) is 22.9 Å². The first-order chi connectivity index (χ1) is 9.22. The molecule has 3 rings (SSSR count). The van der Waals surface area contributed by atoms with Gasteiger partial charge in [0.25, 0.3) is 0 Å². The maximum absolute atomic E-state index is 11.0. The Morgan fingerprint density at radius 3 is 2.68 bits per heavy atom. The predicted molar refractivity (Wildman–Crippen MR) is 77.8 cm³/mol. The third kappa shape index (κ3) is 2.41. The molecule has 0 radical (unpaired) electrons. The number of benzene rings is 2. The van der Waals surface area contributed by atoms with Crippen LogP contribution in [0.3, 0.4) is 0 Å². The van der Waals surface area contributed by atoms with Gasteiger partial charge < -0.3 is 5.11 Å². The molecular weight excluding hydrogens is 260 g/mol. The molecule has 0 aliphatic heterocycles. The maximum atomic E-state index is 11.0. The standard InChI is InChI=1S/C14H10N2O2S/c17-13-12(19-14(18)16-13)8-15-11-6-5-9-3-1-2-4-10(9)7-11/h1-8,17H,(H,16,18). The number of aromatic nitrogens is 1. The average Bonchev–Trinajstić information content (AvgIpc) is 2.74. The molecule has 0 bridgehead atoms. The number of hydrogen-bond acceptors (Lipinski definition) is 4. The van der Waals surface area contributed by atoms with Crippen molar-refractivity contribution in [3.8, 4) is 5.88 Å². The predicted octanol–water partition coefficient (Wildman–Crippen LogP) is 3.05. The third-order valence-electron chi connectivity index (χ3n) is 2.72. The SMILES string of the molecule is O=c1[nH]c(O)c(C=Nc2ccc3ccccc3c2)s1. The minimum Gasteiger partial charge on any atom is -0.493 e. The summed E-state index contributed by atoms with van der Waals surface area (Å²) in [5.41, 5.74) is 0.777. The van der Waals surface area contributed by atoms with Gasteiger partial charge in [0.15, 0.2) is 0 Å². The van der Waals surface area contributed by atoms with Crippen LogP contribution < -0.4 is 4.87 Å². The van der Waals surface area contributed by atoms with Gasteiger partial charge in [-0.25, -0.2) is 0 Å². The molecule has 0 atom stereocenters. The fourth-order valence-corrected chi connectivity index (χ4v) is 2.41. The van der Waals surface area contributed by atoms with E-state index >= 15 is 0 Å². The molecule has 0 aliphatic carbocycles. The molecule has 0 fully saturated rings. The van der Waals surface area contributed by atoms with Crippen molar-refractivity contribution in [1.82, 2.24) is 4.98 Å².